The first-order chi connectivity index (χ1) is 24.8. The second kappa shape index (κ2) is 10.7. The molecule has 0 radical (unpaired) electrons. The van der Waals surface area contributed by atoms with Crippen molar-refractivity contribution in [1.29, 1.82) is 0 Å². The van der Waals surface area contributed by atoms with E-state index in [4.69, 9.17) is 9.47 Å². The van der Waals surface area contributed by atoms with Crippen molar-refractivity contribution in [3.05, 3.63) is 203 Å². The first-order valence-corrected chi connectivity index (χ1v) is 17.6. The fraction of sp³-hybridized carbons (Fsp3) is 0.0833. The van der Waals surface area contributed by atoms with Crippen molar-refractivity contribution in [1.82, 2.24) is 0 Å². The normalized spacial score (nSPS) is 17.4. The molecule has 8 aromatic rings. The molecule has 0 fully saturated rings. The molecule has 0 unspecified atom stereocenters. The smallest absolute Gasteiger partial charge is 0.131 e. The molecule has 0 saturated carbocycles. The summed E-state index contributed by atoms with van der Waals surface area (Å²) in [7, 11) is 0. The van der Waals surface area contributed by atoms with Gasteiger partial charge in [-0.1, -0.05) is 146 Å². The summed E-state index contributed by atoms with van der Waals surface area (Å²) in [6, 6.07) is 62.2. The van der Waals surface area contributed by atoms with Crippen LogP contribution in [0.25, 0.3) is 32.7 Å². The summed E-state index contributed by atoms with van der Waals surface area (Å²) < 4.78 is 13.3. The Bertz CT molecular complexity index is 2380. The van der Waals surface area contributed by atoms with Gasteiger partial charge in [0.2, 0.25) is 0 Å². The van der Waals surface area contributed by atoms with Crippen LogP contribution in [0.4, 0.5) is 0 Å². The van der Waals surface area contributed by atoms with Crippen LogP contribution in [0, 0.1) is 0 Å². The van der Waals surface area contributed by atoms with Gasteiger partial charge in [0.05, 0.1) is 0 Å². The standard InChI is InChI=1S/C48H32O2/c1-3-15-31-29(13-1)25-27-37-43(31)44-32-16-4-2-14-30(32)26-28-38(44)48(46-35-19-7-11-23-41(35)50-42-24-12-8-20-36(42)46)47(37)45-33-17-5-9-21-39(33)49-40-22-10-6-18-34(40)45/h1-28,45-48H/t47-,48-/m1/s1. The zero-order valence-electron chi connectivity index (χ0n) is 27.3. The van der Waals surface area contributed by atoms with Gasteiger partial charge in [-0.15, -0.1) is 0 Å². The van der Waals surface area contributed by atoms with Crippen LogP contribution in [0.15, 0.2) is 170 Å². The van der Waals surface area contributed by atoms with Crippen LogP contribution < -0.4 is 9.47 Å². The van der Waals surface area contributed by atoms with E-state index in [1.807, 2.05) is 0 Å². The van der Waals surface area contributed by atoms with E-state index >= 15 is 0 Å². The monoisotopic (exact) mass is 640 g/mol. The minimum atomic E-state index is 0.0443. The molecule has 3 aliphatic rings. The van der Waals surface area contributed by atoms with Gasteiger partial charge in [0.1, 0.15) is 23.0 Å². The molecule has 0 spiro atoms. The Labute approximate surface area is 291 Å². The average Bonchev–Trinajstić information content (AvgIpc) is 3.18. The van der Waals surface area contributed by atoms with Gasteiger partial charge in [0.25, 0.3) is 0 Å². The Morgan fingerprint density at radius 2 is 0.600 bits per heavy atom. The quantitative estimate of drug-likeness (QED) is 0.187. The van der Waals surface area contributed by atoms with Crippen molar-refractivity contribution in [2.45, 2.75) is 23.7 Å². The summed E-state index contributed by atoms with van der Waals surface area (Å²) in [4.78, 5) is 0. The summed E-state index contributed by atoms with van der Waals surface area (Å²) in [6.45, 7) is 0. The molecular formula is C48H32O2. The summed E-state index contributed by atoms with van der Waals surface area (Å²) in [5.74, 6) is 3.98. The van der Waals surface area contributed by atoms with Crippen LogP contribution in [0.2, 0.25) is 0 Å². The number of rotatable bonds is 2. The minimum Gasteiger partial charge on any atom is -0.457 e. The molecule has 2 nitrogen and oxygen atoms in total. The molecule has 236 valence electrons. The van der Waals surface area contributed by atoms with E-state index in [9.17, 15) is 0 Å². The molecule has 0 N–H and O–H groups in total. The summed E-state index contributed by atoms with van der Waals surface area (Å²) in [5, 5.41) is 5.12. The molecular weight excluding hydrogens is 609 g/mol. The van der Waals surface area contributed by atoms with E-state index in [0.29, 0.717) is 0 Å². The minimum absolute atomic E-state index is 0.0443. The molecule has 2 heteroatoms. The third-order valence-corrected chi connectivity index (χ3v) is 11.5. The molecule has 2 aliphatic heterocycles. The Morgan fingerprint density at radius 3 is 0.980 bits per heavy atom. The summed E-state index contributed by atoms with van der Waals surface area (Å²) in [5.41, 5.74) is 10.4. The predicted octanol–water partition coefficient (Wildman–Crippen LogP) is 12.7. The largest absolute Gasteiger partial charge is 0.457 e. The topological polar surface area (TPSA) is 18.5 Å². The molecule has 0 aromatic heterocycles. The van der Waals surface area contributed by atoms with E-state index in [2.05, 4.69) is 170 Å². The molecule has 0 bridgehead atoms. The maximum absolute atomic E-state index is 6.66. The fourth-order valence-electron chi connectivity index (χ4n) is 9.52. The lowest BCUT2D eigenvalue weighted by molar-refractivity contribution is 0.374. The van der Waals surface area contributed by atoms with Gasteiger partial charge in [-0.05, 0) is 68.1 Å². The zero-order chi connectivity index (χ0) is 32.8. The number of hydrogen-bond acceptors (Lipinski definition) is 2. The van der Waals surface area contributed by atoms with Crippen molar-refractivity contribution >= 4 is 21.5 Å². The van der Waals surface area contributed by atoms with Crippen LogP contribution in [-0.4, -0.2) is 0 Å². The highest BCUT2D eigenvalue weighted by Gasteiger charge is 2.49. The van der Waals surface area contributed by atoms with Crippen LogP contribution >= 0.6 is 0 Å². The van der Waals surface area contributed by atoms with Gasteiger partial charge in [0.15, 0.2) is 0 Å². The molecule has 50 heavy (non-hydrogen) atoms. The Morgan fingerprint density at radius 1 is 0.280 bits per heavy atom. The van der Waals surface area contributed by atoms with E-state index in [1.54, 1.807) is 0 Å². The Balaban J connectivity index is 1.32. The summed E-state index contributed by atoms with van der Waals surface area (Å²) >= 11 is 0. The molecule has 2 heterocycles. The van der Waals surface area contributed by atoms with Gasteiger partial charge >= 0.3 is 0 Å². The SMILES string of the molecule is c1ccc2c(c1)Oc1ccccc1C2[C@H]1c2ccc3ccccc3c2-c2c(ccc3ccccc23)[C@@H]1C1c2ccccc2Oc2ccccc21. The average molecular weight is 641 g/mol. The maximum Gasteiger partial charge on any atom is 0.131 e. The van der Waals surface area contributed by atoms with Crippen LogP contribution in [0.5, 0.6) is 23.0 Å². The first kappa shape index (κ1) is 27.8. The van der Waals surface area contributed by atoms with Crippen molar-refractivity contribution in [2.75, 3.05) is 0 Å². The number of hydrogen-bond donors (Lipinski definition) is 0. The molecule has 2 atom stereocenters. The maximum atomic E-state index is 6.66. The summed E-state index contributed by atoms with van der Waals surface area (Å²) in [6.07, 6.45) is 0. The van der Waals surface area contributed by atoms with E-state index < -0.39 is 0 Å². The Hall–Kier alpha value is -6.12. The molecule has 8 aromatic carbocycles. The number of fused-ring (bicyclic) bond motifs is 11. The number of benzene rings is 8. The number of ether oxygens (including phenoxy) is 2. The molecule has 0 amide bonds. The third-order valence-electron chi connectivity index (χ3n) is 11.5. The van der Waals surface area contributed by atoms with Gasteiger partial charge < -0.3 is 9.47 Å². The lowest BCUT2D eigenvalue weighted by Crippen LogP contribution is -2.31. The van der Waals surface area contributed by atoms with Gasteiger partial charge in [-0.3, -0.25) is 0 Å². The van der Waals surface area contributed by atoms with Gasteiger partial charge in [0, 0.05) is 45.9 Å². The van der Waals surface area contributed by atoms with E-state index in [0.717, 1.165) is 23.0 Å². The van der Waals surface area contributed by atoms with Crippen LogP contribution in [-0.2, 0) is 0 Å². The zero-order valence-corrected chi connectivity index (χ0v) is 27.3. The van der Waals surface area contributed by atoms with Crippen molar-refractivity contribution < 1.29 is 9.47 Å². The molecule has 1 aliphatic carbocycles. The second-order valence-electron chi connectivity index (χ2n) is 13.9. The van der Waals surface area contributed by atoms with Gasteiger partial charge in [-0.25, -0.2) is 0 Å². The fourth-order valence-corrected chi connectivity index (χ4v) is 9.52. The molecule has 11 rings (SSSR count). The highest BCUT2D eigenvalue weighted by molar-refractivity contribution is 6.09. The van der Waals surface area contributed by atoms with Crippen molar-refractivity contribution in [3.8, 4) is 34.1 Å². The highest BCUT2D eigenvalue weighted by Crippen LogP contribution is 2.65. The first-order valence-electron chi connectivity index (χ1n) is 17.6. The van der Waals surface area contributed by atoms with Crippen LogP contribution in [0.1, 0.15) is 57.1 Å². The van der Waals surface area contributed by atoms with E-state index in [1.165, 1.54) is 66.1 Å². The highest BCUT2D eigenvalue weighted by atomic mass is 16.5. The van der Waals surface area contributed by atoms with E-state index in [-0.39, 0.29) is 23.7 Å². The van der Waals surface area contributed by atoms with Gasteiger partial charge in [-0.2, -0.15) is 0 Å². The molecule has 0 saturated heterocycles. The Kier molecular flexibility index (Phi) is 5.94. The predicted molar refractivity (Wildman–Crippen MR) is 202 cm³/mol. The second-order valence-corrected chi connectivity index (χ2v) is 13.9. The lowest BCUT2D eigenvalue weighted by atomic mass is 9.57. The van der Waals surface area contributed by atoms with Crippen LogP contribution in [0.3, 0.4) is 0 Å². The number of para-hydroxylation sites is 4. The van der Waals surface area contributed by atoms with Crippen molar-refractivity contribution in [3.63, 3.8) is 0 Å². The van der Waals surface area contributed by atoms with Crippen molar-refractivity contribution in [2.24, 2.45) is 0 Å². The lowest BCUT2D eigenvalue weighted by Gasteiger charge is -2.47. The third kappa shape index (κ3) is 3.90.